The van der Waals surface area contributed by atoms with E-state index in [-0.39, 0.29) is 25.2 Å². The maximum absolute atomic E-state index is 13.0. The van der Waals surface area contributed by atoms with Gasteiger partial charge in [0.1, 0.15) is 17.9 Å². The molecule has 0 fully saturated rings. The van der Waals surface area contributed by atoms with Gasteiger partial charge in [-0.2, -0.15) is 0 Å². The number of fused-ring (bicyclic) bond motifs is 1. The van der Waals surface area contributed by atoms with Crippen molar-refractivity contribution in [3.05, 3.63) is 118 Å². The summed E-state index contributed by atoms with van der Waals surface area (Å²) < 4.78 is 5.81. The maximum Gasteiger partial charge on any atom is 0.330 e. The summed E-state index contributed by atoms with van der Waals surface area (Å²) in [7, 11) is 0. The summed E-state index contributed by atoms with van der Waals surface area (Å²) in [6.07, 6.45) is 0.521. The van der Waals surface area contributed by atoms with Gasteiger partial charge in [0.25, 0.3) is 0 Å². The Morgan fingerprint density at radius 3 is 2.29 bits per heavy atom. The minimum absolute atomic E-state index is 0.0628. The van der Waals surface area contributed by atoms with Crippen LogP contribution in [0.25, 0.3) is 11.1 Å². The average Bonchev–Trinajstić information content (AvgIpc) is 3.28. The van der Waals surface area contributed by atoms with Crippen LogP contribution in [0.3, 0.4) is 0 Å². The summed E-state index contributed by atoms with van der Waals surface area (Å²) in [4.78, 5) is 25.3. The number of halogens is 1. The predicted octanol–water partition coefficient (Wildman–Crippen LogP) is 5.45. The van der Waals surface area contributed by atoms with Gasteiger partial charge in [-0.25, -0.2) is 4.79 Å². The quantitative estimate of drug-likeness (QED) is 0.265. The van der Waals surface area contributed by atoms with E-state index in [2.05, 4.69) is 5.32 Å². The molecule has 1 atom stereocenters. The molecule has 0 heterocycles. The highest BCUT2D eigenvalue weighted by Gasteiger charge is 2.45. The van der Waals surface area contributed by atoms with Crippen LogP contribution in [0.15, 0.2) is 91.0 Å². The molecule has 1 aliphatic carbocycles. The van der Waals surface area contributed by atoms with E-state index in [9.17, 15) is 14.7 Å². The Morgan fingerprint density at radius 1 is 0.895 bits per heavy atom. The number of carboxylic acids is 1. The van der Waals surface area contributed by atoms with E-state index in [0.29, 0.717) is 23.1 Å². The number of para-hydroxylation sites is 1. The van der Waals surface area contributed by atoms with Gasteiger partial charge >= 0.3 is 5.97 Å². The molecular formula is C31H27ClN2O4. The van der Waals surface area contributed by atoms with Crippen LogP contribution in [0.2, 0.25) is 5.02 Å². The van der Waals surface area contributed by atoms with Crippen molar-refractivity contribution in [3.8, 4) is 16.9 Å². The molecule has 0 radical (unpaired) electrons. The van der Waals surface area contributed by atoms with E-state index in [1.807, 2.05) is 66.7 Å². The molecule has 0 bridgehead atoms. The standard InChI is InChI=1S/C31H27ClN2O4/c32-26-11-9-21(10-12-26)22-7-8-23-17-31(30(36)37,18-25(23)16-22)34-29(35)15-20-5-13-27(14-6-20)38-19-24-3-1-2-4-28(24)33/h1-14,16H,15,17-19,33H2,(H,34,35)(H,36,37). The fraction of sp³-hybridized carbons (Fsp3) is 0.161. The van der Waals surface area contributed by atoms with Crippen LogP contribution >= 0.6 is 11.6 Å². The molecule has 1 unspecified atom stereocenters. The van der Waals surface area contributed by atoms with E-state index in [1.54, 1.807) is 24.3 Å². The first-order chi connectivity index (χ1) is 18.3. The molecule has 1 amide bonds. The lowest BCUT2D eigenvalue weighted by molar-refractivity contribution is -0.147. The normalized spacial score (nSPS) is 16.0. The fourth-order valence-corrected chi connectivity index (χ4v) is 4.94. The van der Waals surface area contributed by atoms with Crippen molar-refractivity contribution in [2.24, 2.45) is 0 Å². The molecule has 38 heavy (non-hydrogen) atoms. The molecule has 0 aromatic heterocycles. The van der Waals surface area contributed by atoms with E-state index in [1.165, 1.54) is 0 Å². The molecule has 192 valence electrons. The Morgan fingerprint density at radius 2 is 1.58 bits per heavy atom. The molecule has 0 saturated heterocycles. The maximum atomic E-state index is 13.0. The van der Waals surface area contributed by atoms with Gasteiger partial charge in [-0.05, 0) is 58.1 Å². The predicted molar refractivity (Wildman–Crippen MR) is 148 cm³/mol. The van der Waals surface area contributed by atoms with Crippen LogP contribution in [-0.2, 0) is 35.5 Å². The number of benzene rings is 4. The Balaban J connectivity index is 1.23. The number of carbonyl (C=O) groups excluding carboxylic acids is 1. The van der Waals surface area contributed by atoms with E-state index in [4.69, 9.17) is 22.1 Å². The summed E-state index contributed by atoms with van der Waals surface area (Å²) in [5.41, 5.74) is 10.7. The summed E-state index contributed by atoms with van der Waals surface area (Å²) >= 11 is 6.01. The van der Waals surface area contributed by atoms with Crippen molar-refractivity contribution < 1.29 is 19.4 Å². The van der Waals surface area contributed by atoms with Gasteiger partial charge in [0.2, 0.25) is 5.91 Å². The summed E-state index contributed by atoms with van der Waals surface area (Å²) in [6.45, 7) is 0.341. The van der Waals surface area contributed by atoms with Crippen molar-refractivity contribution >= 4 is 29.2 Å². The lowest BCUT2D eigenvalue weighted by Gasteiger charge is -2.25. The second-order valence-electron chi connectivity index (χ2n) is 9.59. The number of carbonyl (C=O) groups is 2. The molecule has 5 rings (SSSR count). The fourth-order valence-electron chi connectivity index (χ4n) is 4.82. The Hall–Kier alpha value is -4.29. The van der Waals surface area contributed by atoms with Gasteiger partial charge in [-0.1, -0.05) is 72.3 Å². The second-order valence-corrected chi connectivity index (χ2v) is 10.0. The zero-order chi connectivity index (χ0) is 26.7. The van der Waals surface area contributed by atoms with Gasteiger partial charge in [0, 0.05) is 29.1 Å². The lowest BCUT2D eigenvalue weighted by Crippen LogP contribution is -2.55. The summed E-state index contributed by atoms with van der Waals surface area (Å²) in [5, 5.41) is 13.6. The van der Waals surface area contributed by atoms with Gasteiger partial charge < -0.3 is 20.9 Å². The van der Waals surface area contributed by atoms with Gasteiger partial charge in [-0.15, -0.1) is 0 Å². The number of amides is 1. The molecule has 4 aromatic carbocycles. The second kappa shape index (κ2) is 10.6. The van der Waals surface area contributed by atoms with Crippen LogP contribution in [0.4, 0.5) is 5.69 Å². The smallest absolute Gasteiger partial charge is 0.330 e. The highest BCUT2D eigenvalue weighted by Crippen LogP contribution is 2.34. The lowest BCUT2D eigenvalue weighted by atomic mass is 9.95. The van der Waals surface area contributed by atoms with Gasteiger partial charge in [0.15, 0.2) is 0 Å². The molecule has 4 aromatic rings. The number of aliphatic carboxylic acids is 1. The molecule has 4 N–H and O–H groups in total. The minimum atomic E-state index is -1.38. The number of nitrogens with two attached hydrogens (primary N) is 1. The number of ether oxygens (including phenoxy) is 1. The van der Waals surface area contributed by atoms with Gasteiger partial charge in [-0.3, -0.25) is 4.79 Å². The Kier molecular flexibility index (Phi) is 7.07. The highest BCUT2D eigenvalue weighted by molar-refractivity contribution is 6.30. The van der Waals surface area contributed by atoms with Crippen LogP contribution < -0.4 is 15.8 Å². The number of hydrogen-bond acceptors (Lipinski definition) is 4. The van der Waals surface area contributed by atoms with Crippen LogP contribution in [0.5, 0.6) is 5.75 Å². The van der Waals surface area contributed by atoms with E-state index >= 15 is 0 Å². The van der Waals surface area contributed by atoms with Crippen molar-refractivity contribution in [1.29, 1.82) is 0 Å². The average molecular weight is 527 g/mol. The number of hydrogen-bond donors (Lipinski definition) is 3. The molecule has 7 heteroatoms. The molecule has 6 nitrogen and oxygen atoms in total. The molecule has 0 saturated carbocycles. The number of anilines is 1. The number of carboxylic acid groups (broad SMARTS) is 1. The summed E-state index contributed by atoms with van der Waals surface area (Å²) in [5.74, 6) is -0.731. The Labute approximate surface area is 226 Å². The number of rotatable bonds is 8. The molecule has 0 spiro atoms. The topological polar surface area (TPSA) is 102 Å². The van der Waals surface area contributed by atoms with Crippen molar-refractivity contribution in [2.75, 3.05) is 5.73 Å². The minimum Gasteiger partial charge on any atom is -0.489 e. The Bertz CT molecular complexity index is 1490. The monoisotopic (exact) mass is 526 g/mol. The third-order valence-corrected chi connectivity index (χ3v) is 7.15. The number of nitrogen functional groups attached to an aromatic ring is 1. The largest absolute Gasteiger partial charge is 0.489 e. The SMILES string of the molecule is Nc1ccccc1COc1ccc(CC(=O)NC2(C(=O)O)Cc3ccc(-c4ccc(Cl)cc4)cc3C2)cc1. The first-order valence-corrected chi connectivity index (χ1v) is 12.7. The number of nitrogens with one attached hydrogen (secondary N) is 1. The van der Waals surface area contributed by atoms with Crippen LogP contribution in [-0.4, -0.2) is 22.5 Å². The van der Waals surface area contributed by atoms with E-state index in [0.717, 1.165) is 33.4 Å². The first-order valence-electron chi connectivity index (χ1n) is 12.3. The van der Waals surface area contributed by atoms with Gasteiger partial charge in [0.05, 0.1) is 6.42 Å². The highest BCUT2D eigenvalue weighted by atomic mass is 35.5. The third kappa shape index (κ3) is 5.50. The zero-order valence-corrected chi connectivity index (χ0v) is 21.4. The summed E-state index contributed by atoms with van der Waals surface area (Å²) in [6, 6.07) is 28.1. The molecule has 0 aliphatic heterocycles. The van der Waals surface area contributed by atoms with Crippen LogP contribution in [0, 0.1) is 0 Å². The third-order valence-electron chi connectivity index (χ3n) is 6.89. The molecule has 1 aliphatic rings. The zero-order valence-electron chi connectivity index (χ0n) is 20.6. The first kappa shape index (κ1) is 25.4. The van der Waals surface area contributed by atoms with Crippen molar-refractivity contribution in [1.82, 2.24) is 5.32 Å². The molecular weight excluding hydrogens is 500 g/mol. The van der Waals surface area contributed by atoms with Crippen molar-refractivity contribution in [2.45, 2.75) is 31.4 Å². The van der Waals surface area contributed by atoms with Crippen LogP contribution in [0.1, 0.15) is 22.3 Å². The van der Waals surface area contributed by atoms with E-state index < -0.39 is 11.5 Å². The van der Waals surface area contributed by atoms with Crippen molar-refractivity contribution in [3.63, 3.8) is 0 Å².